The van der Waals surface area contributed by atoms with Crippen LogP contribution in [0.4, 0.5) is 4.79 Å². The lowest BCUT2D eigenvalue weighted by molar-refractivity contribution is -0.131. The number of rotatable bonds is 17. The summed E-state index contributed by atoms with van der Waals surface area (Å²) in [5, 5.41) is 17.4. The predicted octanol–water partition coefficient (Wildman–Crippen LogP) is 6.37. The van der Waals surface area contributed by atoms with E-state index in [1.54, 1.807) is 0 Å². The van der Waals surface area contributed by atoms with Crippen LogP contribution in [0, 0.1) is 23.2 Å². The third kappa shape index (κ3) is 11.9. The highest BCUT2D eigenvalue weighted by Gasteiger charge is 2.30. The summed E-state index contributed by atoms with van der Waals surface area (Å²) in [5.74, 6) is -0.213. The van der Waals surface area contributed by atoms with Crippen molar-refractivity contribution in [2.45, 2.75) is 72.1 Å². The Bertz CT molecular complexity index is 1420. The van der Waals surface area contributed by atoms with E-state index < -0.39 is 24.1 Å². The van der Waals surface area contributed by atoms with Gasteiger partial charge in [-0.05, 0) is 65.6 Å². The highest BCUT2D eigenvalue weighted by atomic mass is 16.5. The zero-order valence-electron chi connectivity index (χ0n) is 27.3. The number of carbonyl (C=O) groups is 3. The normalized spacial score (nSPS) is 12.1. The smallest absolute Gasteiger partial charge is 0.408 e. The predicted molar refractivity (Wildman–Crippen MR) is 179 cm³/mol. The van der Waals surface area contributed by atoms with Crippen LogP contribution in [-0.4, -0.2) is 43.1 Å². The van der Waals surface area contributed by atoms with Gasteiger partial charge in [0.1, 0.15) is 24.4 Å². The first-order valence-electron chi connectivity index (χ1n) is 16.0. The van der Waals surface area contributed by atoms with Crippen LogP contribution in [0.5, 0.6) is 5.75 Å². The van der Waals surface area contributed by atoms with Crippen LogP contribution in [0.3, 0.4) is 0 Å². The van der Waals surface area contributed by atoms with Gasteiger partial charge in [-0.2, -0.15) is 5.26 Å². The highest BCUT2D eigenvalue weighted by molar-refractivity contribution is 5.91. The maximum absolute atomic E-state index is 13.1. The zero-order valence-corrected chi connectivity index (χ0v) is 27.3. The molecule has 9 heteroatoms. The second-order valence-electron chi connectivity index (χ2n) is 11.9. The number of hydrogen-bond acceptors (Lipinski definition) is 6. The van der Waals surface area contributed by atoms with Crippen LogP contribution in [0.1, 0.15) is 64.5 Å². The molecule has 0 aliphatic heterocycles. The first kappa shape index (κ1) is 35.6. The lowest BCUT2D eigenvalue weighted by Gasteiger charge is -2.26. The minimum absolute atomic E-state index is 0.0962. The molecule has 0 heterocycles. The molecule has 0 fully saturated rings. The number of amides is 3. The molecule has 0 aliphatic carbocycles. The summed E-state index contributed by atoms with van der Waals surface area (Å²) in [7, 11) is 0. The van der Waals surface area contributed by atoms with Gasteiger partial charge in [0.05, 0.1) is 18.2 Å². The molecule has 0 saturated carbocycles. The summed E-state index contributed by atoms with van der Waals surface area (Å²) < 4.78 is 11.2. The quantitative estimate of drug-likeness (QED) is 0.149. The van der Waals surface area contributed by atoms with Gasteiger partial charge < -0.3 is 25.4 Å². The Morgan fingerprint density at radius 1 is 0.717 bits per heavy atom. The Morgan fingerprint density at radius 3 is 1.91 bits per heavy atom. The molecule has 0 aromatic heterocycles. The maximum atomic E-state index is 13.1. The number of benzene rings is 3. The fraction of sp³-hybridized carbons (Fsp3) is 0.405. The van der Waals surface area contributed by atoms with E-state index in [4.69, 9.17) is 14.7 Å². The van der Waals surface area contributed by atoms with Crippen molar-refractivity contribution in [2.24, 2.45) is 11.8 Å². The van der Waals surface area contributed by atoms with Crippen molar-refractivity contribution in [3.05, 3.63) is 90.0 Å². The SMILES string of the molecule is CC(C)C(NC(=O)OCc1ccccc1)C(=O)NC(C(=O)NCCCCCCOc1ccc(-c2ccc(C#N)cc2)cc1)C(C)C. The molecule has 244 valence electrons. The number of carbonyl (C=O) groups excluding carboxylic acids is 3. The van der Waals surface area contributed by atoms with Gasteiger partial charge in [0.25, 0.3) is 0 Å². The van der Waals surface area contributed by atoms with E-state index in [1.807, 2.05) is 107 Å². The molecule has 0 saturated heterocycles. The molecule has 3 aromatic rings. The fourth-order valence-electron chi connectivity index (χ4n) is 4.78. The van der Waals surface area contributed by atoms with Crippen molar-refractivity contribution in [1.82, 2.24) is 16.0 Å². The van der Waals surface area contributed by atoms with E-state index in [0.717, 1.165) is 48.1 Å². The minimum atomic E-state index is -0.847. The Morgan fingerprint density at radius 2 is 1.30 bits per heavy atom. The van der Waals surface area contributed by atoms with Gasteiger partial charge in [0, 0.05) is 6.54 Å². The van der Waals surface area contributed by atoms with E-state index in [9.17, 15) is 14.4 Å². The molecule has 2 unspecified atom stereocenters. The number of ether oxygens (including phenoxy) is 2. The summed E-state index contributed by atoms with van der Waals surface area (Å²) in [6.45, 7) is 8.60. The number of nitrogens with zero attached hydrogens (tertiary/aromatic N) is 1. The monoisotopic (exact) mass is 626 g/mol. The third-order valence-corrected chi connectivity index (χ3v) is 7.52. The maximum Gasteiger partial charge on any atom is 0.408 e. The number of alkyl carbamates (subject to hydrolysis) is 1. The Hall–Kier alpha value is -4.84. The number of nitrogens with one attached hydrogen (secondary N) is 3. The van der Waals surface area contributed by atoms with Crippen molar-refractivity contribution in [3.63, 3.8) is 0 Å². The molecule has 3 rings (SSSR count). The van der Waals surface area contributed by atoms with Crippen LogP contribution in [0.2, 0.25) is 0 Å². The fourth-order valence-corrected chi connectivity index (χ4v) is 4.78. The third-order valence-electron chi connectivity index (χ3n) is 7.52. The van der Waals surface area contributed by atoms with Crippen LogP contribution < -0.4 is 20.7 Å². The first-order chi connectivity index (χ1) is 22.2. The molecule has 3 amide bonds. The highest BCUT2D eigenvalue weighted by Crippen LogP contribution is 2.23. The van der Waals surface area contributed by atoms with Crippen molar-refractivity contribution < 1.29 is 23.9 Å². The van der Waals surface area contributed by atoms with Gasteiger partial charge in [-0.15, -0.1) is 0 Å². The molecule has 2 atom stereocenters. The molecule has 0 spiro atoms. The summed E-state index contributed by atoms with van der Waals surface area (Å²) in [6, 6.07) is 25.2. The Balaban J connectivity index is 1.33. The van der Waals surface area contributed by atoms with Crippen LogP contribution in [-0.2, 0) is 20.9 Å². The van der Waals surface area contributed by atoms with Crippen molar-refractivity contribution in [3.8, 4) is 22.9 Å². The summed E-state index contributed by atoms with van der Waals surface area (Å²) in [5.41, 5.74) is 3.60. The van der Waals surface area contributed by atoms with Crippen molar-refractivity contribution >= 4 is 17.9 Å². The molecule has 46 heavy (non-hydrogen) atoms. The van der Waals surface area contributed by atoms with E-state index in [2.05, 4.69) is 22.0 Å². The molecular weight excluding hydrogens is 580 g/mol. The van der Waals surface area contributed by atoms with Crippen LogP contribution in [0.25, 0.3) is 11.1 Å². The molecular formula is C37H46N4O5. The molecule has 9 nitrogen and oxygen atoms in total. The number of unbranched alkanes of at least 4 members (excludes halogenated alkanes) is 3. The average Bonchev–Trinajstić information content (AvgIpc) is 3.06. The second kappa shape index (κ2) is 18.8. The largest absolute Gasteiger partial charge is 0.494 e. The lowest BCUT2D eigenvalue weighted by Crippen LogP contribution is -2.57. The second-order valence-corrected chi connectivity index (χ2v) is 11.9. The van der Waals surface area contributed by atoms with Crippen LogP contribution >= 0.6 is 0 Å². The van der Waals surface area contributed by atoms with Crippen molar-refractivity contribution in [2.75, 3.05) is 13.2 Å². The van der Waals surface area contributed by atoms with E-state index >= 15 is 0 Å². The van der Waals surface area contributed by atoms with Crippen LogP contribution in [0.15, 0.2) is 78.9 Å². The van der Waals surface area contributed by atoms with E-state index in [-0.39, 0.29) is 24.3 Å². The number of hydrogen-bond donors (Lipinski definition) is 3. The van der Waals surface area contributed by atoms with Gasteiger partial charge >= 0.3 is 6.09 Å². The Labute approximate surface area is 272 Å². The van der Waals surface area contributed by atoms with Gasteiger partial charge in [0.15, 0.2) is 0 Å². The summed E-state index contributed by atoms with van der Waals surface area (Å²) in [4.78, 5) is 38.5. The minimum Gasteiger partial charge on any atom is -0.494 e. The molecule has 3 aromatic carbocycles. The topological polar surface area (TPSA) is 130 Å². The summed E-state index contributed by atoms with van der Waals surface area (Å²) in [6.07, 6.45) is 2.92. The Kier molecular flexibility index (Phi) is 14.6. The zero-order chi connectivity index (χ0) is 33.3. The molecule has 3 N–H and O–H groups in total. The molecule has 0 bridgehead atoms. The van der Waals surface area contributed by atoms with Gasteiger partial charge in [0.2, 0.25) is 11.8 Å². The summed E-state index contributed by atoms with van der Waals surface area (Å²) >= 11 is 0. The van der Waals surface area contributed by atoms with Gasteiger partial charge in [-0.1, -0.05) is 95.1 Å². The molecule has 0 radical (unpaired) electrons. The van der Waals surface area contributed by atoms with E-state index in [0.29, 0.717) is 18.7 Å². The standard InChI is InChI=1S/C37H46N4O5/c1-26(2)33(40-36(43)34(27(3)4)41-37(44)46-25-29-12-8-7-9-13-29)35(42)39-22-10-5-6-11-23-45-32-20-18-31(19-21-32)30-16-14-28(24-38)15-17-30/h7-9,12-21,26-27,33-34H,5-6,10-11,22-23,25H2,1-4H3,(H,39,42)(H,40,43)(H,41,44). The van der Waals surface area contributed by atoms with Crippen molar-refractivity contribution in [1.29, 1.82) is 5.26 Å². The first-order valence-corrected chi connectivity index (χ1v) is 16.0. The van der Waals surface area contributed by atoms with Gasteiger partial charge in [-0.25, -0.2) is 4.79 Å². The van der Waals surface area contributed by atoms with E-state index in [1.165, 1.54) is 0 Å². The lowest BCUT2D eigenvalue weighted by atomic mass is 9.99. The number of nitriles is 1. The molecule has 0 aliphatic rings. The average molecular weight is 627 g/mol. The van der Waals surface area contributed by atoms with Gasteiger partial charge in [-0.3, -0.25) is 9.59 Å².